The van der Waals surface area contributed by atoms with Crippen molar-refractivity contribution in [2.45, 2.75) is 6.92 Å². The van der Waals surface area contributed by atoms with Gasteiger partial charge in [-0.05, 0) is 30.7 Å². The van der Waals surface area contributed by atoms with Gasteiger partial charge in [0, 0.05) is 22.5 Å². The highest BCUT2D eigenvalue weighted by Crippen LogP contribution is 2.35. The van der Waals surface area contributed by atoms with Crippen LogP contribution in [-0.4, -0.2) is 4.98 Å². The van der Waals surface area contributed by atoms with Crippen molar-refractivity contribution in [1.29, 1.82) is 0 Å². The lowest BCUT2D eigenvalue weighted by Crippen LogP contribution is -1.81. The van der Waals surface area contributed by atoms with Gasteiger partial charge in [0.1, 0.15) is 11.2 Å². The summed E-state index contributed by atoms with van der Waals surface area (Å²) in [6, 6.07) is 13.7. The Morgan fingerprint density at radius 3 is 2.70 bits per heavy atom. The van der Waals surface area contributed by atoms with Crippen LogP contribution in [-0.2, 0) is 0 Å². The molecule has 4 aromatic rings. The third-order valence-electron chi connectivity index (χ3n) is 3.53. The van der Waals surface area contributed by atoms with Crippen molar-refractivity contribution in [3.63, 3.8) is 0 Å². The number of rotatable bonds is 1. The monoisotopic (exact) mass is 261 g/mol. The van der Waals surface area contributed by atoms with Crippen molar-refractivity contribution in [2.75, 3.05) is 0 Å². The van der Waals surface area contributed by atoms with Crippen LogP contribution in [0.15, 0.2) is 65.2 Å². The average Bonchev–Trinajstić information content (AvgIpc) is 2.91. The minimum Gasteiger partial charge on any atom is -0.455 e. The molecule has 96 valence electrons. The maximum atomic E-state index is 8.09. The van der Waals surface area contributed by atoms with Gasteiger partial charge in [0.2, 0.25) is 0 Å². The van der Waals surface area contributed by atoms with Gasteiger partial charge in [-0.2, -0.15) is 0 Å². The van der Waals surface area contributed by atoms with E-state index in [0.717, 1.165) is 33.1 Å². The molecule has 0 saturated carbocycles. The van der Waals surface area contributed by atoms with E-state index in [-0.39, 0.29) is 12.1 Å². The van der Waals surface area contributed by atoms with Crippen molar-refractivity contribution in [1.82, 2.24) is 4.98 Å². The fourth-order valence-corrected chi connectivity index (χ4v) is 2.58. The number of pyridine rings is 1. The van der Waals surface area contributed by atoms with Crippen LogP contribution < -0.4 is 0 Å². The highest BCUT2D eigenvalue weighted by Gasteiger charge is 2.13. The Morgan fingerprint density at radius 2 is 1.80 bits per heavy atom. The molecule has 0 amide bonds. The van der Waals surface area contributed by atoms with E-state index in [2.05, 4.69) is 4.98 Å². The molecule has 0 saturated heterocycles. The topological polar surface area (TPSA) is 26.0 Å². The summed E-state index contributed by atoms with van der Waals surface area (Å²) in [5, 5.41) is 2.07. The summed E-state index contributed by atoms with van der Waals surface area (Å²) in [6.45, 7) is 2.02. The minimum atomic E-state index is 0.118. The number of nitrogens with zero attached hydrogens (tertiary/aromatic N) is 1. The van der Waals surface area contributed by atoms with E-state index in [1.807, 2.05) is 43.3 Å². The molecule has 2 heterocycles. The van der Waals surface area contributed by atoms with Gasteiger partial charge in [0.05, 0.1) is 8.44 Å². The number of hydrogen-bond donors (Lipinski definition) is 0. The number of aromatic nitrogens is 1. The average molecular weight is 261 g/mol. The van der Waals surface area contributed by atoms with Crippen molar-refractivity contribution < 1.29 is 7.16 Å². The van der Waals surface area contributed by atoms with E-state index < -0.39 is 0 Å². The molecule has 0 bridgehead atoms. The zero-order valence-electron chi connectivity index (χ0n) is 13.0. The van der Waals surface area contributed by atoms with Gasteiger partial charge in [-0.25, -0.2) is 0 Å². The van der Waals surface area contributed by atoms with E-state index >= 15 is 0 Å². The predicted molar refractivity (Wildman–Crippen MR) is 81.7 cm³/mol. The molecular weight excluding hydrogens is 246 g/mol. The number of para-hydroxylation sites is 2. The molecule has 4 rings (SSSR count). The van der Waals surface area contributed by atoms with Crippen molar-refractivity contribution in [3.05, 3.63) is 66.3 Å². The number of aryl methyl sites for hydroxylation is 1. The molecule has 2 heteroatoms. The summed E-state index contributed by atoms with van der Waals surface area (Å²) < 4.78 is 22.0. The zero-order valence-corrected chi connectivity index (χ0v) is 11.0. The predicted octanol–water partition coefficient (Wildman–Crippen LogP) is 4.96. The van der Waals surface area contributed by atoms with E-state index in [1.165, 1.54) is 6.07 Å². The van der Waals surface area contributed by atoms with Crippen LogP contribution in [0.1, 0.15) is 8.30 Å². The van der Waals surface area contributed by atoms with E-state index in [0.29, 0.717) is 5.69 Å². The van der Waals surface area contributed by atoms with Crippen molar-refractivity contribution in [2.24, 2.45) is 0 Å². The smallest absolute Gasteiger partial charge is 0.144 e. The summed E-state index contributed by atoms with van der Waals surface area (Å²) in [4.78, 5) is 4.28. The van der Waals surface area contributed by atoms with Crippen molar-refractivity contribution in [3.8, 4) is 11.3 Å². The lowest BCUT2D eigenvalue weighted by atomic mass is 10.1. The third-order valence-corrected chi connectivity index (χ3v) is 3.53. The van der Waals surface area contributed by atoms with Crippen LogP contribution in [0.2, 0.25) is 0 Å². The Morgan fingerprint density at radius 1 is 1.00 bits per heavy atom. The Kier molecular flexibility index (Phi) is 1.96. The second-order valence-electron chi connectivity index (χ2n) is 4.80. The number of hydrogen-bond acceptors (Lipinski definition) is 2. The molecule has 2 nitrogen and oxygen atoms in total. The molecule has 20 heavy (non-hydrogen) atoms. The maximum absolute atomic E-state index is 8.09. The number of fused-ring (bicyclic) bond motifs is 3. The molecule has 0 N–H and O–H groups in total. The van der Waals surface area contributed by atoms with E-state index in [1.54, 1.807) is 6.20 Å². The molecule has 0 aliphatic heterocycles. The van der Waals surface area contributed by atoms with Crippen molar-refractivity contribution >= 4 is 21.9 Å². The Hall–Kier alpha value is -2.61. The van der Waals surface area contributed by atoms with Crippen LogP contribution in [0.3, 0.4) is 0 Å². The molecule has 0 unspecified atom stereocenters. The molecule has 2 aromatic heterocycles. The molecule has 2 aromatic carbocycles. The molecule has 0 atom stereocenters. The molecule has 0 radical (unpaired) electrons. The second-order valence-corrected chi connectivity index (χ2v) is 4.80. The first-order chi connectivity index (χ1) is 10.7. The van der Waals surface area contributed by atoms with Crippen LogP contribution in [0.25, 0.3) is 33.2 Å². The molecule has 0 aliphatic carbocycles. The van der Waals surface area contributed by atoms with Gasteiger partial charge in [0.25, 0.3) is 0 Å². The standard InChI is InChI=1S/C18H13NO/c1-12-6-4-7-13-14-8-5-9-15(18(14)20-17(12)13)16-10-2-3-11-19-16/h2-11H,1H3/i2D,10D. The minimum absolute atomic E-state index is 0.118. The largest absolute Gasteiger partial charge is 0.455 e. The molecule has 0 spiro atoms. The summed E-state index contributed by atoms with van der Waals surface area (Å²) >= 11 is 0. The van der Waals surface area contributed by atoms with Crippen LogP contribution in [0, 0.1) is 6.92 Å². The molecule has 0 aliphatic rings. The number of furan rings is 1. The van der Waals surface area contributed by atoms with Gasteiger partial charge >= 0.3 is 0 Å². The van der Waals surface area contributed by atoms with Gasteiger partial charge < -0.3 is 4.42 Å². The first-order valence-corrected chi connectivity index (χ1v) is 6.50. The third kappa shape index (κ3) is 1.55. The lowest BCUT2D eigenvalue weighted by molar-refractivity contribution is 0.666. The van der Waals surface area contributed by atoms with E-state index in [4.69, 9.17) is 7.16 Å². The molecular formula is C18H13NO. The SMILES string of the molecule is [2H]c1ccnc(-c2cccc3c2oc2c(C)cccc23)c1[2H]. The Labute approximate surface area is 119 Å². The number of benzene rings is 2. The normalized spacial score (nSPS) is 12.7. The zero-order chi connectivity index (χ0) is 15.3. The van der Waals surface area contributed by atoms with Crippen LogP contribution in [0.5, 0.6) is 0 Å². The van der Waals surface area contributed by atoms with Gasteiger partial charge in [0.15, 0.2) is 0 Å². The lowest BCUT2D eigenvalue weighted by Gasteiger charge is -2.00. The summed E-state index contributed by atoms with van der Waals surface area (Å²) in [7, 11) is 0. The Bertz CT molecular complexity index is 1020. The van der Waals surface area contributed by atoms with Gasteiger partial charge in [-0.15, -0.1) is 0 Å². The van der Waals surface area contributed by atoms with Gasteiger partial charge in [-0.1, -0.05) is 36.4 Å². The van der Waals surface area contributed by atoms with Gasteiger partial charge in [-0.3, -0.25) is 4.98 Å². The highest BCUT2D eigenvalue weighted by atomic mass is 16.3. The van der Waals surface area contributed by atoms with Crippen LogP contribution >= 0.6 is 0 Å². The first kappa shape index (κ1) is 9.32. The highest BCUT2D eigenvalue weighted by molar-refractivity contribution is 6.09. The maximum Gasteiger partial charge on any atom is 0.144 e. The van der Waals surface area contributed by atoms with E-state index in [9.17, 15) is 0 Å². The summed E-state index contributed by atoms with van der Waals surface area (Å²) in [5.74, 6) is 0. The fourth-order valence-electron chi connectivity index (χ4n) is 2.58. The fraction of sp³-hybridized carbons (Fsp3) is 0.0556. The summed E-state index contributed by atoms with van der Waals surface area (Å²) in [5.41, 5.74) is 3.90. The summed E-state index contributed by atoms with van der Waals surface area (Å²) in [6.07, 6.45) is 1.56. The Balaban J connectivity index is 2.13. The first-order valence-electron chi connectivity index (χ1n) is 7.50. The second kappa shape index (κ2) is 4.20. The molecule has 0 fully saturated rings. The van der Waals surface area contributed by atoms with Crippen LogP contribution in [0.4, 0.5) is 0 Å². The quantitative estimate of drug-likeness (QED) is 0.484.